The molecule has 0 radical (unpaired) electrons. The molecule has 4 nitrogen and oxygen atoms in total. The second kappa shape index (κ2) is 3.98. The average Bonchev–Trinajstić information content (AvgIpc) is 2.58. The normalized spacial score (nSPS) is 18.4. The van der Waals surface area contributed by atoms with Crippen LogP contribution in [0.4, 0.5) is 10.2 Å². The van der Waals surface area contributed by atoms with E-state index in [1.807, 2.05) is 4.90 Å². The molecule has 2 rings (SSSR count). The Labute approximate surface area is 99.1 Å². The molecule has 1 saturated heterocycles. The van der Waals surface area contributed by atoms with E-state index >= 15 is 0 Å². The number of carbonyl (C=O) groups is 1. The molecule has 0 aromatic carbocycles. The van der Waals surface area contributed by atoms with Crippen molar-refractivity contribution in [2.24, 2.45) is 5.41 Å². The Kier molecular flexibility index (Phi) is 2.77. The summed E-state index contributed by atoms with van der Waals surface area (Å²) in [5.41, 5.74) is -0.201. The van der Waals surface area contributed by atoms with E-state index in [1.54, 1.807) is 0 Å². The van der Waals surface area contributed by atoms with Crippen molar-refractivity contribution in [3.05, 3.63) is 23.6 Å². The molecule has 0 spiro atoms. The first-order chi connectivity index (χ1) is 7.91. The van der Waals surface area contributed by atoms with Crippen LogP contribution in [-0.4, -0.2) is 29.1 Å². The zero-order valence-corrected chi connectivity index (χ0v) is 9.90. The maximum absolute atomic E-state index is 13.9. The third kappa shape index (κ3) is 2.23. The average molecular weight is 238 g/mol. The van der Waals surface area contributed by atoms with E-state index in [9.17, 15) is 9.18 Å². The van der Waals surface area contributed by atoms with Crippen molar-refractivity contribution in [2.75, 3.05) is 18.0 Å². The van der Waals surface area contributed by atoms with Gasteiger partial charge in [-0.15, -0.1) is 0 Å². The molecule has 1 aliphatic heterocycles. The Hall–Kier alpha value is -1.65. The van der Waals surface area contributed by atoms with Gasteiger partial charge in [0.25, 0.3) is 0 Å². The fraction of sp³-hybridized carbons (Fsp3) is 0.500. The van der Waals surface area contributed by atoms with Gasteiger partial charge in [-0.25, -0.2) is 14.2 Å². The molecule has 0 aliphatic carbocycles. The fourth-order valence-corrected chi connectivity index (χ4v) is 2.11. The van der Waals surface area contributed by atoms with E-state index in [0.717, 1.165) is 6.42 Å². The minimum absolute atomic E-state index is 0.118. The Morgan fingerprint density at radius 3 is 2.82 bits per heavy atom. The number of aromatic nitrogens is 1. The lowest BCUT2D eigenvalue weighted by Crippen LogP contribution is -2.25. The molecular weight excluding hydrogens is 223 g/mol. The van der Waals surface area contributed by atoms with Crippen LogP contribution in [0.5, 0.6) is 0 Å². The zero-order chi connectivity index (χ0) is 12.6. The number of nitrogens with zero attached hydrogens (tertiary/aromatic N) is 2. The minimum Gasteiger partial charge on any atom is -0.478 e. The second-order valence-electron chi connectivity index (χ2n) is 5.14. The molecule has 0 amide bonds. The third-order valence-electron chi connectivity index (χ3n) is 3.08. The quantitative estimate of drug-likeness (QED) is 0.857. The van der Waals surface area contributed by atoms with Gasteiger partial charge < -0.3 is 10.0 Å². The van der Waals surface area contributed by atoms with Crippen molar-refractivity contribution in [1.29, 1.82) is 0 Å². The van der Waals surface area contributed by atoms with E-state index in [-0.39, 0.29) is 16.8 Å². The van der Waals surface area contributed by atoms with Crippen LogP contribution in [0.25, 0.3) is 0 Å². The molecule has 1 fully saturated rings. The summed E-state index contributed by atoms with van der Waals surface area (Å²) in [7, 11) is 0. The second-order valence-corrected chi connectivity index (χ2v) is 5.14. The van der Waals surface area contributed by atoms with Gasteiger partial charge in [0, 0.05) is 19.3 Å². The first kappa shape index (κ1) is 11.8. The number of rotatable bonds is 2. The number of pyridine rings is 1. The molecule has 17 heavy (non-hydrogen) atoms. The lowest BCUT2D eigenvalue weighted by atomic mass is 9.93. The monoisotopic (exact) mass is 238 g/mol. The number of aromatic carboxylic acids is 1. The molecule has 1 N–H and O–H groups in total. The standard InChI is InChI=1S/C12H15FN2O2/c1-12(2)4-6-15(7-12)10-9(13)8(11(16)17)3-5-14-10/h3,5H,4,6-7H2,1-2H3,(H,16,17). The first-order valence-electron chi connectivity index (χ1n) is 5.53. The van der Waals surface area contributed by atoms with E-state index in [2.05, 4.69) is 18.8 Å². The van der Waals surface area contributed by atoms with Gasteiger partial charge >= 0.3 is 5.97 Å². The molecular formula is C12H15FN2O2. The molecule has 1 aromatic rings. The Morgan fingerprint density at radius 2 is 2.29 bits per heavy atom. The Bertz CT molecular complexity index is 460. The largest absolute Gasteiger partial charge is 0.478 e. The highest BCUT2D eigenvalue weighted by atomic mass is 19.1. The van der Waals surface area contributed by atoms with Crippen LogP contribution < -0.4 is 4.90 Å². The number of hydrogen-bond donors (Lipinski definition) is 1. The lowest BCUT2D eigenvalue weighted by molar-refractivity contribution is 0.0692. The van der Waals surface area contributed by atoms with Gasteiger partial charge in [-0.05, 0) is 17.9 Å². The molecule has 92 valence electrons. The number of carboxylic acid groups (broad SMARTS) is 1. The fourth-order valence-electron chi connectivity index (χ4n) is 2.11. The van der Waals surface area contributed by atoms with Crippen LogP contribution in [0.3, 0.4) is 0 Å². The van der Waals surface area contributed by atoms with Crippen LogP contribution in [-0.2, 0) is 0 Å². The van der Waals surface area contributed by atoms with Crippen LogP contribution in [0.2, 0.25) is 0 Å². The van der Waals surface area contributed by atoms with Crippen molar-refractivity contribution in [3.63, 3.8) is 0 Å². The molecule has 1 aliphatic rings. The highest BCUT2D eigenvalue weighted by molar-refractivity contribution is 5.88. The number of hydrogen-bond acceptors (Lipinski definition) is 3. The van der Waals surface area contributed by atoms with Crippen molar-refractivity contribution in [1.82, 2.24) is 4.98 Å². The third-order valence-corrected chi connectivity index (χ3v) is 3.08. The minimum atomic E-state index is -1.26. The van der Waals surface area contributed by atoms with Crippen molar-refractivity contribution in [2.45, 2.75) is 20.3 Å². The van der Waals surface area contributed by atoms with Gasteiger partial charge in [0.05, 0.1) is 0 Å². The molecule has 1 aromatic heterocycles. The smallest absolute Gasteiger partial charge is 0.338 e. The number of anilines is 1. The summed E-state index contributed by atoms with van der Waals surface area (Å²) in [6, 6.07) is 1.18. The maximum Gasteiger partial charge on any atom is 0.338 e. The summed E-state index contributed by atoms with van der Waals surface area (Å²) in [6.45, 7) is 5.61. The van der Waals surface area contributed by atoms with Crippen molar-refractivity contribution in [3.8, 4) is 0 Å². The van der Waals surface area contributed by atoms with Gasteiger partial charge in [-0.3, -0.25) is 0 Å². The Balaban J connectivity index is 2.34. The summed E-state index contributed by atoms with van der Waals surface area (Å²) in [4.78, 5) is 16.6. The Morgan fingerprint density at radius 1 is 1.59 bits per heavy atom. The van der Waals surface area contributed by atoms with E-state index in [0.29, 0.717) is 13.1 Å². The molecule has 5 heteroatoms. The summed E-state index contributed by atoms with van der Waals surface area (Å²) in [5.74, 6) is -1.85. The van der Waals surface area contributed by atoms with Gasteiger partial charge in [-0.2, -0.15) is 0 Å². The molecule has 0 bridgehead atoms. The predicted octanol–water partition coefficient (Wildman–Crippen LogP) is 2.16. The molecule has 0 unspecified atom stereocenters. The van der Waals surface area contributed by atoms with Crippen LogP contribution in [0, 0.1) is 11.2 Å². The highest BCUT2D eigenvalue weighted by Gasteiger charge is 2.32. The molecule has 2 heterocycles. The highest BCUT2D eigenvalue weighted by Crippen LogP contribution is 2.33. The molecule has 0 saturated carbocycles. The van der Waals surface area contributed by atoms with E-state index in [1.165, 1.54) is 12.3 Å². The zero-order valence-electron chi connectivity index (χ0n) is 9.90. The van der Waals surface area contributed by atoms with Gasteiger partial charge in [0.15, 0.2) is 11.6 Å². The van der Waals surface area contributed by atoms with Gasteiger partial charge in [0.2, 0.25) is 0 Å². The SMILES string of the molecule is CC1(C)CCN(c2nccc(C(=O)O)c2F)C1. The lowest BCUT2D eigenvalue weighted by Gasteiger charge is -2.21. The topological polar surface area (TPSA) is 53.4 Å². The van der Waals surface area contributed by atoms with Crippen LogP contribution >= 0.6 is 0 Å². The van der Waals surface area contributed by atoms with Crippen LogP contribution in [0.15, 0.2) is 12.3 Å². The van der Waals surface area contributed by atoms with Crippen molar-refractivity contribution < 1.29 is 14.3 Å². The predicted molar refractivity (Wildman–Crippen MR) is 61.8 cm³/mol. The summed E-state index contributed by atoms with van der Waals surface area (Å²) in [6.07, 6.45) is 2.29. The summed E-state index contributed by atoms with van der Waals surface area (Å²) >= 11 is 0. The first-order valence-corrected chi connectivity index (χ1v) is 5.53. The maximum atomic E-state index is 13.9. The number of halogens is 1. The van der Waals surface area contributed by atoms with Gasteiger partial charge in [-0.1, -0.05) is 13.8 Å². The van der Waals surface area contributed by atoms with Crippen molar-refractivity contribution >= 4 is 11.8 Å². The van der Waals surface area contributed by atoms with Gasteiger partial charge in [0.1, 0.15) is 5.56 Å². The molecule has 0 atom stereocenters. The van der Waals surface area contributed by atoms with E-state index < -0.39 is 11.8 Å². The number of carboxylic acids is 1. The summed E-state index contributed by atoms with van der Waals surface area (Å²) < 4.78 is 13.9. The summed E-state index contributed by atoms with van der Waals surface area (Å²) in [5, 5.41) is 8.85. The van der Waals surface area contributed by atoms with E-state index in [4.69, 9.17) is 5.11 Å². The van der Waals surface area contributed by atoms with Crippen LogP contribution in [0.1, 0.15) is 30.6 Å².